The highest BCUT2D eigenvalue weighted by Crippen LogP contribution is 2.30. The van der Waals surface area contributed by atoms with E-state index >= 15 is 0 Å². The maximum atomic E-state index is 12.6. The first-order chi connectivity index (χ1) is 16.8. The van der Waals surface area contributed by atoms with Gasteiger partial charge in [0.15, 0.2) is 11.5 Å². The van der Waals surface area contributed by atoms with Crippen molar-refractivity contribution in [1.82, 2.24) is 5.43 Å². The highest BCUT2D eigenvalue weighted by atomic mass is 35.5. The van der Waals surface area contributed by atoms with E-state index in [1.165, 1.54) is 26.4 Å². The van der Waals surface area contributed by atoms with Crippen molar-refractivity contribution in [2.45, 2.75) is 6.92 Å². The zero-order valence-electron chi connectivity index (χ0n) is 19.1. The van der Waals surface area contributed by atoms with Gasteiger partial charge in [-0.3, -0.25) is 9.59 Å². The molecule has 9 nitrogen and oxygen atoms in total. The summed E-state index contributed by atoms with van der Waals surface area (Å²) in [7, 11) is 2.89. The van der Waals surface area contributed by atoms with E-state index in [0.29, 0.717) is 27.7 Å². The van der Waals surface area contributed by atoms with Crippen LogP contribution in [0.5, 0.6) is 17.2 Å². The number of anilines is 1. The van der Waals surface area contributed by atoms with Crippen LogP contribution in [-0.2, 0) is 9.59 Å². The fourth-order valence-electron chi connectivity index (χ4n) is 2.95. The molecule has 0 radical (unpaired) electrons. The van der Waals surface area contributed by atoms with Crippen molar-refractivity contribution in [3.05, 3.63) is 82.9 Å². The number of ether oxygens (including phenoxy) is 3. The zero-order chi connectivity index (χ0) is 25.4. The van der Waals surface area contributed by atoms with Crippen molar-refractivity contribution in [3.8, 4) is 17.2 Å². The summed E-state index contributed by atoms with van der Waals surface area (Å²) in [5.74, 6) is -1.64. The Morgan fingerprint density at radius 2 is 1.57 bits per heavy atom. The van der Waals surface area contributed by atoms with Crippen molar-refractivity contribution in [2.24, 2.45) is 5.10 Å². The number of benzene rings is 3. The molecule has 0 atom stereocenters. The van der Waals surface area contributed by atoms with Crippen LogP contribution in [0.25, 0.3) is 0 Å². The second-order valence-corrected chi connectivity index (χ2v) is 7.49. The Kier molecular flexibility index (Phi) is 8.42. The Balaban J connectivity index is 1.68. The molecule has 0 bridgehead atoms. The fourth-order valence-corrected chi connectivity index (χ4v) is 3.14. The van der Waals surface area contributed by atoms with Crippen LogP contribution in [0.15, 0.2) is 71.8 Å². The maximum absolute atomic E-state index is 12.6. The van der Waals surface area contributed by atoms with Crippen LogP contribution in [-0.4, -0.2) is 37.7 Å². The topological polar surface area (TPSA) is 115 Å². The molecule has 0 heterocycles. The average molecular weight is 496 g/mol. The molecule has 0 aliphatic carbocycles. The molecule has 3 aromatic rings. The van der Waals surface area contributed by atoms with Crippen molar-refractivity contribution in [3.63, 3.8) is 0 Å². The van der Waals surface area contributed by atoms with Gasteiger partial charge in [0.1, 0.15) is 11.3 Å². The summed E-state index contributed by atoms with van der Waals surface area (Å²) >= 11 is 5.87. The van der Waals surface area contributed by atoms with Crippen LogP contribution in [0.4, 0.5) is 5.69 Å². The molecule has 180 valence electrons. The van der Waals surface area contributed by atoms with Gasteiger partial charge >= 0.3 is 17.8 Å². The molecule has 0 fully saturated rings. The largest absolute Gasteiger partial charge is 0.496 e. The molecule has 0 saturated carbocycles. The van der Waals surface area contributed by atoms with E-state index in [1.807, 2.05) is 0 Å². The summed E-state index contributed by atoms with van der Waals surface area (Å²) in [6.07, 6.45) is 0. The number of hydrogen-bond acceptors (Lipinski definition) is 7. The van der Waals surface area contributed by atoms with Gasteiger partial charge in [-0.1, -0.05) is 29.8 Å². The second-order valence-electron chi connectivity index (χ2n) is 7.06. The van der Waals surface area contributed by atoms with Crippen LogP contribution in [0.1, 0.15) is 22.8 Å². The molecule has 0 aliphatic heterocycles. The molecule has 2 N–H and O–H groups in total. The summed E-state index contributed by atoms with van der Waals surface area (Å²) in [6.45, 7) is 1.63. The van der Waals surface area contributed by atoms with Crippen molar-refractivity contribution < 1.29 is 28.6 Å². The number of hydrogen-bond donors (Lipinski definition) is 2. The lowest BCUT2D eigenvalue weighted by atomic mass is 10.1. The third kappa shape index (κ3) is 6.58. The van der Waals surface area contributed by atoms with Crippen LogP contribution >= 0.6 is 11.6 Å². The minimum absolute atomic E-state index is 0.185. The number of halogens is 1. The van der Waals surface area contributed by atoms with E-state index in [2.05, 4.69) is 15.8 Å². The minimum Gasteiger partial charge on any atom is -0.496 e. The predicted molar refractivity (Wildman–Crippen MR) is 131 cm³/mol. The smallest absolute Gasteiger partial charge is 0.347 e. The molecule has 0 unspecified atom stereocenters. The van der Waals surface area contributed by atoms with E-state index in [1.54, 1.807) is 61.5 Å². The van der Waals surface area contributed by atoms with Crippen LogP contribution in [0.2, 0.25) is 5.02 Å². The maximum Gasteiger partial charge on any atom is 0.347 e. The molecule has 3 rings (SSSR count). The first-order valence-corrected chi connectivity index (χ1v) is 10.6. The number of nitrogens with zero attached hydrogens (tertiary/aromatic N) is 1. The van der Waals surface area contributed by atoms with Crippen LogP contribution in [0.3, 0.4) is 0 Å². The quantitative estimate of drug-likeness (QED) is 0.168. The zero-order valence-corrected chi connectivity index (χ0v) is 19.9. The molecule has 0 aliphatic rings. The highest BCUT2D eigenvalue weighted by Gasteiger charge is 2.18. The summed E-state index contributed by atoms with van der Waals surface area (Å²) in [6, 6.07) is 17.8. The summed E-state index contributed by atoms with van der Waals surface area (Å²) in [5, 5.41) is 6.81. The molecule has 0 saturated heterocycles. The number of amides is 2. The third-order valence-corrected chi connectivity index (χ3v) is 4.96. The van der Waals surface area contributed by atoms with E-state index in [-0.39, 0.29) is 17.1 Å². The Morgan fingerprint density at radius 3 is 2.29 bits per heavy atom. The lowest BCUT2D eigenvalue weighted by Gasteiger charge is -2.12. The van der Waals surface area contributed by atoms with Gasteiger partial charge in [-0.15, -0.1) is 0 Å². The average Bonchev–Trinajstić information content (AvgIpc) is 2.87. The monoisotopic (exact) mass is 495 g/mol. The summed E-state index contributed by atoms with van der Waals surface area (Å²) in [5.41, 5.74) is 3.78. The lowest BCUT2D eigenvalue weighted by molar-refractivity contribution is -0.136. The van der Waals surface area contributed by atoms with Gasteiger partial charge in [0.2, 0.25) is 0 Å². The van der Waals surface area contributed by atoms with Gasteiger partial charge in [0.25, 0.3) is 0 Å². The Morgan fingerprint density at radius 1 is 0.829 bits per heavy atom. The SMILES string of the molecule is COc1cc(/C(C)=N/NC(=O)C(=O)Nc2cccc(Cl)c2)ccc1OC(=O)c1ccccc1OC. The molecule has 2 amide bonds. The van der Waals surface area contributed by atoms with Gasteiger partial charge in [0.05, 0.1) is 19.9 Å². The van der Waals surface area contributed by atoms with E-state index in [9.17, 15) is 14.4 Å². The van der Waals surface area contributed by atoms with Gasteiger partial charge in [-0.05, 0) is 55.5 Å². The number of esters is 1. The van der Waals surface area contributed by atoms with Gasteiger partial charge < -0.3 is 19.5 Å². The summed E-state index contributed by atoms with van der Waals surface area (Å²) in [4.78, 5) is 36.8. The highest BCUT2D eigenvalue weighted by molar-refractivity contribution is 6.40. The number of methoxy groups -OCH3 is 2. The molecular weight excluding hydrogens is 474 g/mol. The molecule has 0 aromatic heterocycles. The number of carbonyl (C=O) groups excluding carboxylic acids is 3. The van der Waals surface area contributed by atoms with E-state index < -0.39 is 17.8 Å². The molecular formula is C25H22ClN3O6. The number of para-hydroxylation sites is 1. The Labute approximate surface area is 206 Å². The van der Waals surface area contributed by atoms with Crippen molar-refractivity contribution >= 4 is 40.8 Å². The number of rotatable bonds is 7. The lowest BCUT2D eigenvalue weighted by Crippen LogP contribution is -2.32. The second kappa shape index (κ2) is 11.7. The van der Waals surface area contributed by atoms with Gasteiger partial charge in [-0.2, -0.15) is 5.10 Å². The Bertz CT molecular complexity index is 1290. The molecule has 0 spiro atoms. The number of carbonyl (C=O) groups is 3. The van der Waals surface area contributed by atoms with Crippen LogP contribution < -0.4 is 25.0 Å². The minimum atomic E-state index is -0.960. The Hall–Kier alpha value is -4.37. The fraction of sp³-hybridized carbons (Fsp3) is 0.120. The molecule has 10 heteroatoms. The normalized spacial score (nSPS) is 10.8. The molecule has 35 heavy (non-hydrogen) atoms. The van der Waals surface area contributed by atoms with Gasteiger partial charge in [0, 0.05) is 16.3 Å². The first-order valence-electron chi connectivity index (χ1n) is 10.3. The van der Waals surface area contributed by atoms with Crippen LogP contribution in [0, 0.1) is 0 Å². The number of hydrazone groups is 1. The standard InChI is InChI=1S/C25H22ClN3O6/c1-15(28-29-24(31)23(30)27-18-8-6-7-17(26)14-18)16-11-12-21(22(13-16)34-3)35-25(32)19-9-4-5-10-20(19)33-2/h4-14H,1-3H3,(H,27,30)(H,29,31)/b28-15+. The number of nitrogens with one attached hydrogen (secondary N) is 2. The van der Waals surface area contributed by atoms with Crippen molar-refractivity contribution in [2.75, 3.05) is 19.5 Å². The predicted octanol–water partition coefficient (Wildman–Crippen LogP) is 4.06. The van der Waals surface area contributed by atoms with E-state index in [4.69, 9.17) is 25.8 Å². The summed E-state index contributed by atoms with van der Waals surface area (Å²) < 4.78 is 16.0. The third-order valence-electron chi connectivity index (χ3n) is 4.72. The van der Waals surface area contributed by atoms with Crippen molar-refractivity contribution in [1.29, 1.82) is 0 Å². The van der Waals surface area contributed by atoms with Gasteiger partial charge in [-0.25, -0.2) is 10.2 Å². The molecule has 3 aromatic carbocycles. The first kappa shape index (κ1) is 25.3. The van der Waals surface area contributed by atoms with E-state index in [0.717, 1.165) is 0 Å².